The van der Waals surface area contributed by atoms with Gasteiger partial charge in [-0.1, -0.05) is 0 Å². The molecule has 0 bridgehead atoms. The molecule has 1 aliphatic rings. The number of urea groups is 1. The van der Waals surface area contributed by atoms with Gasteiger partial charge in [0.25, 0.3) is 5.91 Å². The van der Waals surface area contributed by atoms with Crippen LogP contribution in [0.2, 0.25) is 0 Å². The third kappa shape index (κ3) is 6.39. The third-order valence-corrected chi connectivity index (χ3v) is 5.94. The molecule has 0 atom stereocenters. The second-order valence-corrected chi connectivity index (χ2v) is 9.41. The first kappa shape index (κ1) is 26.2. The number of thioether (sulfide) groups is 1. The Kier molecular flexibility index (Phi) is 7.55. The van der Waals surface area contributed by atoms with Crippen molar-refractivity contribution in [2.75, 3.05) is 16.8 Å². The highest BCUT2D eigenvalue weighted by Crippen LogP contribution is 2.38. The Bertz CT molecular complexity index is 1160. The topological polar surface area (TPSA) is 115 Å². The highest BCUT2D eigenvalue weighted by Gasteiger charge is 2.51. The lowest BCUT2D eigenvalue weighted by atomic mass is 10.0. The van der Waals surface area contributed by atoms with E-state index in [1.807, 2.05) is 0 Å². The van der Waals surface area contributed by atoms with Crippen LogP contribution in [0, 0.1) is 0 Å². The van der Waals surface area contributed by atoms with E-state index in [-0.39, 0.29) is 40.5 Å². The van der Waals surface area contributed by atoms with Crippen molar-refractivity contribution in [3.63, 3.8) is 0 Å². The van der Waals surface area contributed by atoms with E-state index in [0.717, 1.165) is 4.90 Å². The molecule has 35 heavy (non-hydrogen) atoms. The van der Waals surface area contributed by atoms with Crippen molar-refractivity contribution in [2.24, 2.45) is 0 Å². The molecule has 186 valence electrons. The number of nitrogens with one attached hydrogen (secondary N) is 2. The highest BCUT2D eigenvalue weighted by molar-refractivity contribution is 8.00. The van der Waals surface area contributed by atoms with E-state index in [2.05, 4.69) is 15.6 Å². The molecule has 14 heteroatoms. The largest absolute Gasteiger partial charge is 0.480 e. The molecule has 0 aliphatic carbocycles. The minimum absolute atomic E-state index is 0.0304. The minimum atomic E-state index is -4.45. The first-order chi connectivity index (χ1) is 16.3. The maximum atomic E-state index is 13.2. The van der Waals surface area contributed by atoms with Crippen LogP contribution in [-0.4, -0.2) is 55.6 Å². The van der Waals surface area contributed by atoms with Gasteiger partial charge >= 0.3 is 17.5 Å². The first-order valence-electron chi connectivity index (χ1n) is 10.0. The highest BCUT2D eigenvalue weighted by atomic mass is 32.2. The predicted octanol–water partition coefficient (Wildman–Crippen LogP) is 3.81. The summed E-state index contributed by atoms with van der Waals surface area (Å²) in [7, 11) is 0. The fourth-order valence-corrected chi connectivity index (χ4v) is 3.98. The number of amides is 3. The van der Waals surface area contributed by atoms with E-state index in [1.54, 1.807) is 26.0 Å². The summed E-state index contributed by atoms with van der Waals surface area (Å²) in [5, 5.41) is 14.0. The van der Waals surface area contributed by atoms with Crippen LogP contribution in [0.3, 0.4) is 0 Å². The molecule has 9 nitrogen and oxygen atoms in total. The lowest BCUT2D eigenvalue weighted by molar-refractivity contribution is -0.135. The van der Waals surface area contributed by atoms with Gasteiger partial charge in [-0.3, -0.25) is 9.59 Å². The van der Waals surface area contributed by atoms with E-state index in [4.69, 9.17) is 17.3 Å². The third-order valence-electron chi connectivity index (χ3n) is 4.96. The van der Waals surface area contributed by atoms with Gasteiger partial charge in [-0.15, -0.1) is 0 Å². The number of pyridine rings is 1. The fourth-order valence-electron chi connectivity index (χ4n) is 3.27. The van der Waals surface area contributed by atoms with Crippen LogP contribution in [-0.2, 0) is 16.1 Å². The number of anilines is 2. The van der Waals surface area contributed by atoms with Gasteiger partial charge in [0.15, 0.2) is 5.11 Å². The molecule has 1 aromatic carbocycles. The Morgan fingerprint density at radius 3 is 2.46 bits per heavy atom. The van der Waals surface area contributed by atoms with Crippen molar-refractivity contribution >= 4 is 58.5 Å². The number of carbonyl (C=O) groups excluding carboxylic acids is 2. The Morgan fingerprint density at radius 2 is 1.86 bits per heavy atom. The number of benzene rings is 1. The van der Waals surface area contributed by atoms with Crippen molar-refractivity contribution in [1.82, 2.24) is 15.2 Å². The van der Waals surface area contributed by atoms with Gasteiger partial charge in [0.1, 0.15) is 17.9 Å². The molecular formula is C21H20F3N5O4S2. The molecule has 3 rings (SSSR count). The average molecular weight is 528 g/mol. The molecule has 0 saturated carbocycles. The Morgan fingerprint density at radius 1 is 1.20 bits per heavy atom. The second kappa shape index (κ2) is 10.1. The van der Waals surface area contributed by atoms with Gasteiger partial charge in [-0.05, 0) is 79.8 Å². The lowest BCUT2D eigenvalue weighted by Crippen LogP contribution is -2.43. The number of imide groups is 1. The van der Waals surface area contributed by atoms with Crippen LogP contribution in [0.25, 0.3) is 0 Å². The van der Waals surface area contributed by atoms with Gasteiger partial charge in [0.05, 0.1) is 5.69 Å². The molecule has 0 radical (unpaired) electrons. The number of alkyl halides is 3. The number of carboxylic acid groups (broad SMARTS) is 1. The number of carbonyl (C=O) groups is 3. The van der Waals surface area contributed by atoms with Crippen molar-refractivity contribution in [1.29, 1.82) is 0 Å². The molecule has 0 unspecified atom stereocenters. The van der Waals surface area contributed by atoms with E-state index in [0.29, 0.717) is 11.4 Å². The number of rotatable bonds is 7. The standard InChI is InChI=1S/C21H20F3N5O4S2/c1-20(2)17(32)29(13-3-5-14(6-4-13)35-21(22,23)24)19(33)28(20)11-12-7-8-25-15(9-12)27-18(34)26-10-16(30)31/h3-9H,10-11H2,1-2H3,(H,30,31)(H2,25,26,27,34). The zero-order valence-corrected chi connectivity index (χ0v) is 20.1. The number of hydrogen-bond acceptors (Lipinski definition) is 6. The molecule has 1 aromatic heterocycles. The normalized spacial score (nSPS) is 15.3. The summed E-state index contributed by atoms with van der Waals surface area (Å²) in [6, 6.07) is 7.59. The molecule has 1 saturated heterocycles. The molecular weight excluding hydrogens is 507 g/mol. The number of halogens is 3. The Labute approximate surface area is 207 Å². The van der Waals surface area contributed by atoms with Crippen LogP contribution in [0.4, 0.5) is 29.5 Å². The number of aromatic nitrogens is 1. The molecule has 2 aromatic rings. The molecule has 1 aliphatic heterocycles. The second-order valence-electron chi connectivity index (χ2n) is 7.86. The van der Waals surface area contributed by atoms with Gasteiger partial charge in [0.2, 0.25) is 0 Å². The zero-order valence-electron chi connectivity index (χ0n) is 18.4. The van der Waals surface area contributed by atoms with Crippen molar-refractivity contribution < 1.29 is 32.7 Å². The number of carboxylic acids is 1. The molecule has 1 fully saturated rings. The van der Waals surface area contributed by atoms with E-state index in [9.17, 15) is 27.6 Å². The minimum Gasteiger partial charge on any atom is -0.480 e. The summed E-state index contributed by atoms with van der Waals surface area (Å²) < 4.78 is 37.8. The van der Waals surface area contributed by atoms with Gasteiger partial charge in [-0.25, -0.2) is 14.7 Å². The van der Waals surface area contributed by atoms with Crippen LogP contribution in [0.5, 0.6) is 0 Å². The molecule has 0 spiro atoms. The molecule has 2 heterocycles. The van der Waals surface area contributed by atoms with Gasteiger partial charge in [-0.2, -0.15) is 13.2 Å². The van der Waals surface area contributed by atoms with Crippen LogP contribution in [0.15, 0.2) is 47.5 Å². The van der Waals surface area contributed by atoms with Crippen molar-refractivity contribution in [2.45, 2.75) is 36.3 Å². The maximum Gasteiger partial charge on any atom is 0.446 e. The van der Waals surface area contributed by atoms with E-state index < -0.39 is 29.0 Å². The van der Waals surface area contributed by atoms with Crippen LogP contribution < -0.4 is 15.5 Å². The molecule has 3 N–H and O–H groups in total. The lowest BCUT2D eigenvalue weighted by Gasteiger charge is -2.27. The van der Waals surface area contributed by atoms with E-state index >= 15 is 0 Å². The van der Waals surface area contributed by atoms with Crippen molar-refractivity contribution in [3.05, 3.63) is 48.2 Å². The predicted molar refractivity (Wildman–Crippen MR) is 127 cm³/mol. The van der Waals surface area contributed by atoms with Gasteiger partial charge in [0, 0.05) is 17.6 Å². The Hall–Kier alpha value is -3.39. The van der Waals surface area contributed by atoms with Crippen LogP contribution >= 0.6 is 24.0 Å². The summed E-state index contributed by atoms with van der Waals surface area (Å²) in [5.74, 6) is -1.31. The quantitative estimate of drug-likeness (QED) is 0.281. The monoisotopic (exact) mass is 527 g/mol. The van der Waals surface area contributed by atoms with Crippen molar-refractivity contribution in [3.8, 4) is 0 Å². The maximum absolute atomic E-state index is 13.2. The smallest absolute Gasteiger partial charge is 0.446 e. The SMILES string of the molecule is CC1(C)C(=O)N(c2ccc(SC(F)(F)F)cc2)C(=O)N1Cc1ccnc(NC(=S)NCC(=O)O)c1. The summed E-state index contributed by atoms with van der Waals surface area (Å²) >= 11 is 4.73. The average Bonchev–Trinajstić information content (AvgIpc) is 2.92. The summed E-state index contributed by atoms with van der Waals surface area (Å²) in [6.45, 7) is 2.80. The summed E-state index contributed by atoms with van der Waals surface area (Å²) in [5.41, 5.74) is -4.91. The zero-order chi connectivity index (χ0) is 26.0. The number of hydrogen-bond donors (Lipinski definition) is 3. The first-order valence-corrected chi connectivity index (χ1v) is 11.2. The van der Waals surface area contributed by atoms with Crippen LogP contribution in [0.1, 0.15) is 19.4 Å². The number of aliphatic carboxylic acids is 1. The number of nitrogens with zero attached hydrogens (tertiary/aromatic N) is 3. The molecule has 3 amide bonds. The van der Waals surface area contributed by atoms with Gasteiger partial charge < -0.3 is 20.6 Å². The summed E-state index contributed by atoms with van der Waals surface area (Å²) in [6.07, 6.45) is 1.46. The fraction of sp³-hybridized carbons (Fsp3) is 0.286. The van der Waals surface area contributed by atoms with E-state index in [1.165, 1.54) is 35.4 Å². The summed E-state index contributed by atoms with van der Waals surface area (Å²) in [4.78, 5) is 43.2. The Balaban J connectivity index is 1.76. The number of thiocarbonyl (C=S) groups is 1.